The van der Waals surface area contributed by atoms with Gasteiger partial charge in [0.2, 0.25) is 11.8 Å². The topological polar surface area (TPSA) is 37.4 Å². The maximum Gasteiger partial charge on any atom is 0.229 e. The number of hydrogen-bond donors (Lipinski definition) is 0. The van der Waals surface area contributed by atoms with Crippen LogP contribution in [-0.2, 0) is 9.59 Å². The van der Waals surface area contributed by atoms with E-state index in [0.717, 1.165) is 5.57 Å². The monoisotopic (exact) mass is 191 g/mol. The molecular formula is C11H13NO2. The van der Waals surface area contributed by atoms with E-state index in [4.69, 9.17) is 0 Å². The highest BCUT2D eigenvalue weighted by molar-refractivity contribution is 6.02. The van der Waals surface area contributed by atoms with Gasteiger partial charge in [0.1, 0.15) is 0 Å². The number of hydrogen-bond acceptors (Lipinski definition) is 2. The van der Waals surface area contributed by atoms with Gasteiger partial charge >= 0.3 is 0 Å². The van der Waals surface area contributed by atoms with Gasteiger partial charge in [-0.3, -0.25) is 14.5 Å². The number of nitrogens with zero attached hydrogens (tertiary/aromatic N) is 1. The molecule has 1 heterocycles. The van der Waals surface area contributed by atoms with Crippen LogP contribution in [-0.4, -0.2) is 23.3 Å². The summed E-state index contributed by atoms with van der Waals surface area (Å²) >= 11 is 0. The van der Waals surface area contributed by atoms with Gasteiger partial charge in [0.05, 0.1) is 6.54 Å². The zero-order chi connectivity index (χ0) is 10.6. The first-order chi connectivity index (χ1) is 6.69. The molecule has 0 aliphatic carbocycles. The Labute approximate surface area is 83.4 Å². The molecule has 0 aromatic heterocycles. The van der Waals surface area contributed by atoms with Crippen molar-refractivity contribution in [2.75, 3.05) is 6.54 Å². The number of carbonyl (C=O) groups excluding carboxylic acids is 2. The molecule has 0 aromatic carbocycles. The molecule has 14 heavy (non-hydrogen) atoms. The Kier molecular flexibility index (Phi) is 3.40. The standard InChI is InChI=1S/C11H13NO2/c1-3-5-9(4-2)8-12-10(13)6-7-11(12)14/h3-5H,1-2,6-8H2/b9-5+. The van der Waals surface area contributed by atoms with Crippen LogP contribution >= 0.6 is 0 Å². The largest absolute Gasteiger partial charge is 0.278 e. The quantitative estimate of drug-likeness (QED) is 0.498. The van der Waals surface area contributed by atoms with Crippen LogP contribution in [0.5, 0.6) is 0 Å². The highest BCUT2D eigenvalue weighted by Gasteiger charge is 2.28. The Morgan fingerprint density at radius 3 is 2.29 bits per heavy atom. The van der Waals surface area contributed by atoms with Crippen LogP contribution in [0.25, 0.3) is 0 Å². The minimum atomic E-state index is -0.105. The summed E-state index contributed by atoms with van der Waals surface area (Å²) in [6.07, 6.45) is 5.64. The summed E-state index contributed by atoms with van der Waals surface area (Å²) in [5, 5.41) is 0. The van der Waals surface area contributed by atoms with E-state index in [1.54, 1.807) is 18.2 Å². The van der Waals surface area contributed by atoms with Crippen molar-refractivity contribution >= 4 is 11.8 Å². The minimum Gasteiger partial charge on any atom is -0.278 e. The van der Waals surface area contributed by atoms with Gasteiger partial charge in [-0.2, -0.15) is 0 Å². The number of amides is 2. The van der Waals surface area contributed by atoms with Crippen LogP contribution in [0, 0.1) is 0 Å². The molecule has 0 bridgehead atoms. The third-order valence-corrected chi connectivity index (χ3v) is 2.09. The van der Waals surface area contributed by atoms with Gasteiger partial charge in [0.15, 0.2) is 0 Å². The van der Waals surface area contributed by atoms with Crippen LogP contribution in [0.1, 0.15) is 12.8 Å². The third kappa shape index (κ3) is 2.19. The second kappa shape index (κ2) is 4.56. The smallest absolute Gasteiger partial charge is 0.229 e. The van der Waals surface area contributed by atoms with Crippen molar-refractivity contribution in [1.82, 2.24) is 4.90 Å². The molecule has 1 aliphatic rings. The number of allylic oxidation sites excluding steroid dienone is 2. The highest BCUT2D eigenvalue weighted by atomic mass is 16.2. The molecule has 1 saturated heterocycles. The molecule has 1 rings (SSSR count). The number of carbonyl (C=O) groups is 2. The summed E-state index contributed by atoms with van der Waals surface area (Å²) in [6, 6.07) is 0. The normalized spacial score (nSPS) is 17.4. The fourth-order valence-corrected chi connectivity index (χ4v) is 1.32. The molecule has 0 spiro atoms. The van der Waals surface area contributed by atoms with E-state index in [-0.39, 0.29) is 11.8 Å². The molecule has 0 radical (unpaired) electrons. The molecule has 0 N–H and O–H groups in total. The van der Waals surface area contributed by atoms with Gasteiger partial charge in [-0.1, -0.05) is 31.4 Å². The first-order valence-corrected chi connectivity index (χ1v) is 4.46. The predicted molar refractivity (Wildman–Crippen MR) is 54.4 cm³/mol. The van der Waals surface area contributed by atoms with Crippen LogP contribution in [0.2, 0.25) is 0 Å². The first-order valence-electron chi connectivity index (χ1n) is 4.46. The second-order valence-electron chi connectivity index (χ2n) is 3.06. The van der Waals surface area contributed by atoms with E-state index in [9.17, 15) is 9.59 Å². The van der Waals surface area contributed by atoms with Gasteiger partial charge in [0.25, 0.3) is 0 Å². The van der Waals surface area contributed by atoms with Gasteiger partial charge in [-0.15, -0.1) is 0 Å². The summed E-state index contributed by atoms with van der Waals surface area (Å²) in [4.78, 5) is 23.8. The Hall–Kier alpha value is -1.64. The summed E-state index contributed by atoms with van der Waals surface area (Å²) in [6.45, 7) is 7.47. The molecular weight excluding hydrogens is 178 g/mol. The van der Waals surface area contributed by atoms with Gasteiger partial charge in [0, 0.05) is 12.8 Å². The second-order valence-corrected chi connectivity index (χ2v) is 3.06. The fraction of sp³-hybridized carbons (Fsp3) is 0.273. The number of rotatable bonds is 4. The van der Waals surface area contributed by atoms with Crippen molar-refractivity contribution in [2.24, 2.45) is 0 Å². The van der Waals surface area contributed by atoms with E-state index in [2.05, 4.69) is 13.2 Å². The summed E-state index contributed by atoms with van der Waals surface area (Å²) < 4.78 is 0. The lowest BCUT2D eigenvalue weighted by atomic mass is 10.2. The summed E-state index contributed by atoms with van der Waals surface area (Å²) in [5.74, 6) is -0.210. The molecule has 74 valence electrons. The average Bonchev–Trinajstić information content (AvgIpc) is 2.48. The van der Waals surface area contributed by atoms with Crippen LogP contribution < -0.4 is 0 Å². The lowest BCUT2D eigenvalue weighted by Crippen LogP contribution is -2.30. The molecule has 0 saturated carbocycles. The van der Waals surface area contributed by atoms with Gasteiger partial charge < -0.3 is 0 Å². The summed E-state index contributed by atoms with van der Waals surface area (Å²) in [5.41, 5.74) is 0.823. The highest BCUT2D eigenvalue weighted by Crippen LogP contribution is 2.13. The Morgan fingerprint density at radius 2 is 1.86 bits per heavy atom. The van der Waals surface area contributed by atoms with E-state index in [0.29, 0.717) is 19.4 Å². The van der Waals surface area contributed by atoms with Crippen molar-refractivity contribution in [3.8, 4) is 0 Å². The zero-order valence-corrected chi connectivity index (χ0v) is 8.03. The van der Waals surface area contributed by atoms with E-state index in [1.807, 2.05) is 0 Å². The number of likely N-dealkylation sites (tertiary alicyclic amines) is 1. The Morgan fingerprint density at radius 1 is 1.29 bits per heavy atom. The van der Waals surface area contributed by atoms with Gasteiger partial charge in [-0.05, 0) is 5.57 Å². The van der Waals surface area contributed by atoms with Gasteiger partial charge in [-0.25, -0.2) is 0 Å². The fourth-order valence-electron chi connectivity index (χ4n) is 1.32. The minimum absolute atomic E-state index is 0.105. The average molecular weight is 191 g/mol. The van der Waals surface area contributed by atoms with Crippen LogP contribution in [0.15, 0.2) is 37.0 Å². The first kappa shape index (κ1) is 10.4. The van der Waals surface area contributed by atoms with Crippen molar-refractivity contribution in [3.05, 3.63) is 37.0 Å². The maximum atomic E-state index is 11.3. The van der Waals surface area contributed by atoms with Crippen molar-refractivity contribution in [2.45, 2.75) is 12.8 Å². The van der Waals surface area contributed by atoms with E-state index in [1.165, 1.54) is 4.90 Å². The molecule has 0 aromatic rings. The molecule has 3 heteroatoms. The molecule has 1 fully saturated rings. The van der Waals surface area contributed by atoms with E-state index < -0.39 is 0 Å². The molecule has 0 unspecified atom stereocenters. The molecule has 3 nitrogen and oxygen atoms in total. The predicted octanol–water partition coefficient (Wildman–Crippen LogP) is 1.43. The van der Waals surface area contributed by atoms with Crippen molar-refractivity contribution < 1.29 is 9.59 Å². The van der Waals surface area contributed by atoms with E-state index >= 15 is 0 Å². The van der Waals surface area contributed by atoms with Crippen LogP contribution in [0.4, 0.5) is 0 Å². The zero-order valence-electron chi connectivity index (χ0n) is 8.03. The van der Waals surface area contributed by atoms with Crippen molar-refractivity contribution in [1.29, 1.82) is 0 Å². The molecule has 2 amide bonds. The third-order valence-electron chi connectivity index (χ3n) is 2.09. The lowest BCUT2D eigenvalue weighted by molar-refractivity contribution is -0.137. The molecule has 1 aliphatic heterocycles. The van der Waals surface area contributed by atoms with Crippen molar-refractivity contribution in [3.63, 3.8) is 0 Å². The van der Waals surface area contributed by atoms with Crippen LogP contribution in [0.3, 0.4) is 0 Å². The SMILES string of the molecule is C=C/C=C(\C=C)CN1C(=O)CCC1=O. The molecule has 0 atom stereocenters. The maximum absolute atomic E-state index is 11.3. The lowest BCUT2D eigenvalue weighted by Gasteiger charge is -2.13. The summed E-state index contributed by atoms with van der Waals surface area (Å²) in [7, 11) is 0. The number of imide groups is 1. The Balaban J connectivity index is 2.71. The Bertz CT molecular complexity index is 299.